The van der Waals surface area contributed by atoms with Gasteiger partial charge in [-0.2, -0.15) is 13.2 Å². The molecule has 0 aliphatic heterocycles. The van der Waals surface area contributed by atoms with Gasteiger partial charge in [0.2, 0.25) is 0 Å². The molecular weight excluding hydrogens is 315 g/mol. The molecule has 0 aromatic heterocycles. The van der Waals surface area contributed by atoms with E-state index in [0.29, 0.717) is 17.9 Å². The second kappa shape index (κ2) is 8.19. The van der Waals surface area contributed by atoms with E-state index in [4.69, 9.17) is 9.29 Å². The van der Waals surface area contributed by atoms with Crippen molar-refractivity contribution in [2.75, 3.05) is 19.4 Å². The number of hydrogen-bond donors (Lipinski definition) is 2. The van der Waals surface area contributed by atoms with Crippen LogP contribution in [0.2, 0.25) is 0 Å². The summed E-state index contributed by atoms with van der Waals surface area (Å²) in [5.74, 6) is 0.601. The molecule has 0 saturated heterocycles. The lowest BCUT2D eigenvalue weighted by molar-refractivity contribution is -0.137. The van der Waals surface area contributed by atoms with Gasteiger partial charge in [-0.05, 0) is 56.6 Å². The Morgan fingerprint density at radius 2 is 2.00 bits per heavy atom. The van der Waals surface area contributed by atoms with Gasteiger partial charge in [-0.25, -0.2) is 0 Å². The van der Waals surface area contributed by atoms with Crippen molar-refractivity contribution < 1.29 is 22.5 Å². The van der Waals surface area contributed by atoms with Gasteiger partial charge in [-0.1, -0.05) is 12.1 Å². The predicted molar refractivity (Wildman–Crippen MR) is 83.0 cm³/mol. The highest BCUT2D eigenvalue weighted by atomic mass is 32.2. The molecule has 0 radical (unpaired) electrons. The summed E-state index contributed by atoms with van der Waals surface area (Å²) in [6.07, 6.45) is -4.13. The summed E-state index contributed by atoms with van der Waals surface area (Å²) in [5.41, 5.74) is -0.745. The molecule has 7 heteroatoms. The Hall–Kier alpha value is -0.760. The summed E-state index contributed by atoms with van der Waals surface area (Å²) >= 11 is 0.771. The van der Waals surface area contributed by atoms with Crippen LogP contribution in [0.4, 0.5) is 13.2 Å². The third kappa shape index (κ3) is 5.46. The molecule has 0 heterocycles. The highest BCUT2D eigenvalue weighted by Crippen LogP contribution is 2.34. The molecule has 2 N–H and O–H groups in total. The van der Waals surface area contributed by atoms with Gasteiger partial charge in [0.25, 0.3) is 0 Å². The van der Waals surface area contributed by atoms with Crippen LogP contribution in [0.1, 0.15) is 37.5 Å². The lowest BCUT2D eigenvalue weighted by Gasteiger charge is -2.35. The Kier molecular flexibility index (Phi) is 7.18. The number of ether oxygens (including phenoxy) is 1. The zero-order valence-corrected chi connectivity index (χ0v) is 13.7. The third-order valence-corrected chi connectivity index (χ3v) is 3.87. The van der Waals surface area contributed by atoms with E-state index in [1.807, 2.05) is 13.8 Å². The van der Waals surface area contributed by atoms with Gasteiger partial charge in [-0.15, -0.1) is 0 Å². The summed E-state index contributed by atoms with van der Waals surface area (Å²) in [4.78, 5) is 0. The van der Waals surface area contributed by atoms with E-state index >= 15 is 0 Å². The number of alkyl halides is 3. The van der Waals surface area contributed by atoms with Gasteiger partial charge < -0.3 is 14.6 Å². The van der Waals surface area contributed by atoms with Crippen LogP contribution in [0.3, 0.4) is 0 Å². The van der Waals surface area contributed by atoms with Crippen molar-refractivity contribution in [3.05, 3.63) is 35.4 Å². The number of halogens is 3. The minimum absolute atomic E-state index is 0.478. The fourth-order valence-electron chi connectivity index (χ4n) is 2.37. The van der Waals surface area contributed by atoms with Crippen molar-refractivity contribution in [2.24, 2.45) is 0 Å². The molecule has 1 rings (SSSR count). The molecule has 22 heavy (non-hydrogen) atoms. The second-order valence-electron chi connectivity index (χ2n) is 5.57. The molecule has 1 aromatic carbocycles. The first kappa shape index (κ1) is 19.3. The molecule has 1 atom stereocenters. The maximum atomic E-state index is 12.8. The van der Waals surface area contributed by atoms with Crippen molar-refractivity contribution in [2.45, 2.75) is 38.1 Å². The zero-order valence-electron chi connectivity index (χ0n) is 12.9. The Labute approximate surface area is 133 Å². The van der Waals surface area contributed by atoms with Crippen LogP contribution in [0.25, 0.3) is 0 Å². The van der Waals surface area contributed by atoms with Crippen LogP contribution >= 0.6 is 12.0 Å². The Balaban J connectivity index is 2.90. The average Bonchev–Trinajstić information content (AvgIpc) is 2.43. The Bertz CT molecular complexity index is 466. The molecule has 0 aliphatic rings. The number of rotatable bonds is 8. The van der Waals surface area contributed by atoms with Crippen LogP contribution in [0.5, 0.6) is 0 Å². The molecule has 0 spiro atoms. The summed E-state index contributed by atoms with van der Waals surface area (Å²) in [6, 6.07) is 5.20. The molecular formula is C15H22F3NO2S. The predicted octanol–water partition coefficient (Wildman–Crippen LogP) is 4.36. The third-order valence-electron chi connectivity index (χ3n) is 3.40. The highest BCUT2D eigenvalue weighted by Gasteiger charge is 2.34. The summed E-state index contributed by atoms with van der Waals surface area (Å²) in [5, 5.41) is 3.27. The summed E-state index contributed by atoms with van der Waals surface area (Å²) in [7, 11) is 1.48. The van der Waals surface area contributed by atoms with E-state index in [-0.39, 0.29) is 0 Å². The molecule has 0 aliphatic carbocycles. The zero-order chi connectivity index (χ0) is 16.8. The average molecular weight is 337 g/mol. The van der Waals surface area contributed by atoms with Gasteiger partial charge in [0.15, 0.2) is 0 Å². The number of benzene rings is 1. The first-order valence-electron chi connectivity index (χ1n) is 6.93. The topological polar surface area (TPSA) is 41.5 Å². The number of nitrogens with one attached hydrogen (secondary N) is 1. The molecule has 0 fully saturated rings. The SMILES string of the molecule is COC(c1cccc(C(F)(F)F)c1)C(C)(C)NCCCSO. The summed E-state index contributed by atoms with van der Waals surface area (Å²) < 4.78 is 52.6. The summed E-state index contributed by atoms with van der Waals surface area (Å²) in [6.45, 7) is 4.40. The minimum Gasteiger partial charge on any atom is -0.375 e. The van der Waals surface area contributed by atoms with Gasteiger partial charge in [-0.3, -0.25) is 0 Å². The van der Waals surface area contributed by atoms with E-state index < -0.39 is 23.4 Å². The second-order valence-corrected chi connectivity index (χ2v) is 6.24. The number of hydrogen-bond acceptors (Lipinski definition) is 4. The molecule has 0 amide bonds. The Morgan fingerprint density at radius 1 is 1.32 bits per heavy atom. The highest BCUT2D eigenvalue weighted by molar-refractivity contribution is 7.93. The molecule has 0 saturated carbocycles. The van der Waals surface area contributed by atoms with Crippen molar-refractivity contribution in [1.29, 1.82) is 0 Å². The van der Waals surface area contributed by atoms with Crippen LogP contribution in [-0.2, 0) is 10.9 Å². The first-order valence-corrected chi connectivity index (χ1v) is 7.88. The fourth-order valence-corrected chi connectivity index (χ4v) is 2.64. The molecule has 3 nitrogen and oxygen atoms in total. The normalized spacial score (nSPS) is 14.1. The monoisotopic (exact) mass is 337 g/mol. The maximum absolute atomic E-state index is 12.8. The van der Waals surface area contributed by atoms with E-state index in [2.05, 4.69) is 5.32 Å². The van der Waals surface area contributed by atoms with Crippen LogP contribution in [0, 0.1) is 0 Å². The minimum atomic E-state index is -4.37. The molecule has 126 valence electrons. The van der Waals surface area contributed by atoms with Crippen molar-refractivity contribution in [1.82, 2.24) is 5.32 Å². The van der Waals surface area contributed by atoms with Crippen LogP contribution in [0.15, 0.2) is 24.3 Å². The lowest BCUT2D eigenvalue weighted by atomic mass is 9.90. The van der Waals surface area contributed by atoms with Crippen LogP contribution in [-0.4, -0.2) is 29.5 Å². The Morgan fingerprint density at radius 3 is 2.55 bits per heavy atom. The quantitative estimate of drug-likeness (QED) is 0.546. The molecule has 1 aromatic rings. The van der Waals surface area contributed by atoms with Gasteiger partial charge in [0.05, 0.1) is 11.7 Å². The fraction of sp³-hybridized carbons (Fsp3) is 0.600. The van der Waals surface area contributed by atoms with E-state index in [1.54, 1.807) is 6.07 Å². The lowest BCUT2D eigenvalue weighted by Crippen LogP contribution is -2.46. The van der Waals surface area contributed by atoms with Crippen molar-refractivity contribution in [3.8, 4) is 0 Å². The smallest absolute Gasteiger partial charge is 0.375 e. The van der Waals surface area contributed by atoms with Crippen molar-refractivity contribution >= 4 is 12.0 Å². The molecule has 0 bridgehead atoms. The van der Waals surface area contributed by atoms with Crippen LogP contribution < -0.4 is 5.32 Å². The first-order chi connectivity index (χ1) is 10.2. The maximum Gasteiger partial charge on any atom is 0.416 e. The number of methoxy groups -OCH3 is 1. The van der Waals surface area contributed by atoms with Crippen molar-refractivity contribution in [3.63, 3.8) is 0 Å². The van der Waals surface area contributed by atoms with Gasteiger partial charge in [0.1, 0.15) is 0 Å². The standard InChI is InChI=1S/C15H22F3NO2S/c1-14(2,19-8-5-9-22-20)13(21-3)11-6-4-7-12(10-11)15(16,17)18/h4,6-7,10,13,19-20H,5,8-9H2,1-3H3. The van der Waals surface area contributed by atoms with E-state index in [9.17, 15) is 13.2 Å². The van der Waals surface area contributed by atoms with Gasteiger partial charge in [0, 0.05) is 18.4 Å². The largest absolute Gasteiger partial charge is 0.416 e. The van der Waals surface area contributed by atoms with Gasteiger partial charge >= 0.3 is 6.18 Å². The van der Waals surface area contributed by atoms with E-state index in [0.717, 1.165) is 30.6 Å². The molecule has 1 unspecified atom stereocenters. The van der Waals surface area contributed by atoms with E-state index in [1.165, 1.54) is 13.2 Å².